The Morgan fingerprint density at radius 3 is 1.98 bits per heavy atom. The number of benzene rings is 7. The summed E-state index contributed by atoms with van der Waals surface area (Å²) in [5.41, 5.74) is 9.32. The highest BCUT2D eigenvalue weighted by Crippen LogP contribution is 2.46. The van der Waals surface area contributed by atoms with E-state index in [2.05, 4.69) is 126 Å². The lowest BCUT2D eigenvalue weighted by atomic mass is 9.97. The summed E-state index contributed by atoms with van der Waals surface area (Å²) in [6.45, 7) is 0. The van der Waals surface area contributed by atoms with Gasteiger partial charge in [0.25, 0.3) is 0 Å². The monoisotopic (exact) mass is 549 g/mol. The van der Waals surface area contributed by atoms with Gasteiger partial charge in [-0.2, -0.15) is 0 Å². The van der Waals surface area contributed by atoms with Crippen LogP contribution < -0.4 is 0 Å². The van der Waals surface area contributed by atoms with E-state index < -0.39 is 0 Å². The molecule has 0 radical (unpaired) electrons. The van der Waals surface area contributed by atoms with Gasteiger partial charge in [0.2, 0.25) is 0 Å². The molecule has 0 aliphatic rings. The summed E-state index contributed by atoms with van der Waals surface area (Å²) in [5.74, 6) is 0. The summed E-state index contributed by atoms with van der Waals surface area (Å²) in [5, 5.41) is 9.23. The van der Waals surface area contributed by atoms with Crippen molar-refractivity contribution < 1.29 is 8.83 Å². The van der Waals surface area contributed by atoms with Crippen LogP contribution in [-0.2, 0) is 0 Å². The number of aromatic nitrogens is 1. The minimum absolute atomic E-state index is 0.895. The van der Waals surface area contributed by atoms with Crippen LogP contribution in [0.4, 0.5) is 0 Å². The predicted molar refractivity (Wildman–Crippen MR) is 178 cm³/mol. The number of nitrogens with zero attached hydrogens (tertiary/aromatic N) is 1. The molecule has 0 saturated heterocycles. The lowest BCUT2D eigenvalue weighted by Crippen LogP contribution is -1.96. The third-order valence-corrected chi connectivity index (χ3v) is 8.96. The quantitative estimate of drug-likeness (QED) is 0.215. The van der Waals surface area contributed by atoms with Crippen molar-refractivity contribution in [2.75, 3.05) is 0 Å². The second kappa shape index (κ2) is 8.37. The molecule has 0 fully saturated rings. The molecule has 3 heterocycles. The molecular formula is C40H23NO2. The van der Waals surface area contributed by atoms with Crippen LogP contribution in [0.1, 0.15) is 0 Å². The van der Waals surface area contributed by atoms with Crippen molar-refractivity contribution in [2.24, 2.45) is 0 Å². The smallest absolute Gasteiger partial charge is 0.145 e. The number of furan rings is 2. The number of fused-ring (bicyclic) bond motifs is 11. The van der Waals surface area contributed by atoms with Crippen LogP contribution in [0, 0.1) is 0 Å². The zero-order valence-corrected chi connectivity index (χ0v) is 23.0. The predicted octanol–water partition coefficient (Wildman–Crippen LogP) is 11.4. The van der Waals surface area contributed by atoms with Gasteiger partial charge < -0.3 is 13.4 Å². The van der Waals surface area contributed by atoms with E-state index in [1.165, 1.54) is 16.2 Å². The van der Waals surface area contributed by atoms with E-state index in [-0.39, 0.29) is 0 Å². The zero-order chi connectivity index (χ0) is 28.1. The molecule has 0 N–H and O–H groups in total. The minimum Gasteiger partial charge on any atom is -0.456 e. The van der Waals surface area contributed by atoms with Gasteiger partial charge in [-0.3, -0.25) is 0 Å². The average Bonchev–Trinajstić information content (AvgIpc) is 3.73. The van der Waals surface area contributed by atoms with Gasteiger partial charge in [-0.05, 0) is 64.9 Å². The minimum atomic E-state index is 0.895. The van der Waals surface area contributed by atoms with Gasteiger partial charge in [0.15, 0.2) is 0 Å². The highest BCUT2D eigenvalue weighted by Gasteiger charge is 2.23. The van der Waals surface area contributed by atoms with E-state index in [1.54, 1.807) is 0 Å². The Morgan fingerprint density at radius 2 is 1.12 bits per heavy atom. The number of para-hydroxylation sites is 3. The summed E-state index contributed by atoms with van der Waals surface area (Å²) in [4.78, 5) is 0. The largest absolute Gasteiger partial charge is 0.456 e. The van der Waals surface area contributed by atoms with Gasteiger partial charge >= 0.3 is 0 Å². The van der Waals surface area contributed by atoms with Crippen molar-refractivity contribution in [1.82, 2.24) is 4.57 Å². The third-order valence-electron chi connectivity index (χ3n) is 8.96. The molecule has 200 valence electrons. The van der Waals surface area contributed by atoms with Gasteiger partial charge in [-0.1, -0.05) is 91.0 Å². The standard InChI is InChI=1S/C40H23NO2/c1-2-10-25-21-27(19-17-24(25)9-1)41-34-14-6-3-13-30(34)38-39(41)31(23-33-29-12-5-8-16-36(29)43-40(33)38)26-18-20-37-32(22-26)28-11-4-7-15-35(28)42-37/h1-23H. The zero-order valence-electron chi connectivity index (χ0n) is 23.0. The summed E-state index contributed by atoms with van der Waals surface area (Å²) in [7, 11) is 0. The molecule has 0 amide bonds. The van der Waals surface area contributed by atoms with Crippen LogP contribution in [0.2, 0.25) is 0 Å². The average molecular weight is 550 g/mol. The normalized spacial score (nSPS) is 12.2. The summed E-state index contributed by atoms with van der Waals surface area (Å²) < 4.78 is 15.3. The Balaban J connectivity index is 1.42. The molecular weight excluding hydrogens is 526 g/mol. The Labute approximate surface area is 245 Å². The second-order valence-corrected chi connectivity index (χ2v) is 11.3. The molecule has 0 unspecified atom stereocenters. The van der Waals surface area contributed by atoms with Gasteiger partial charge in [0.05, 0.1) is 16.4 Å². The Kier molecular flexibility index (Phi) is 4.45. The molecule has 0 spiro atoms. The fraction of sp³-hybridized carbons (Fsp3) is 0. The van der Waals surface area contributed by atoms with E-state index in [9.17, 15) is 0 Å². The molecule has 7 aromatic carbocycles. The summed E-state index contributed by atoms with van der Waals surface area (Å²) in [6.07, 6.45) is 0. The fourth-order valence-corrected chi connectivity index (χ4v) is 7.03. The van der Waals surface area contributed by atoms with Crippen LogP contribution in [0.25, 0.3) is 93.3 Å². The first-order valence-corrected chi connectivity index (χ1v) is 14.6. The topological polar surface area (TPSA) is 31.2 Å². The molecule has 0 bridgehead atoms. The first kappa shape index (κ1) is 22.8. The fourth-order valence-electron chi connectivity index (χ4n) is 7.03. The van der Waals surface area contributed by atoms with Crippen LogP contribution in [-0.4, -0.2) is 4.57 Å². The maximum atomic E-state index is 6.67. The Morgan fingerprint density at radius 1 is 0.442 bits per heavy atom. The van der Waals surface area contributed by atoms with Gasteiger partial charge in [-0.15, -0.1) is 0 Å². The third kappa shape index (κ3) is 3.14. The van der Waals surface area contributed by atoms with Crippen molar-refractivity contribution in [3.8, 4) is 16.8 Å². The maximum Gasteiger partial charge on any atom is 0.145 e. The molecule has 0 atom stereocenters. The molecule has 10 rings (SSSR count). The maximum absolute atomic E-state index is 6.67. The van der Waals surface area contributed by atoms with Crippen LogP contribution in [0.15, 0.2) is 148 Å². The van der Waals surface area contributed by atoms with Crippen LogP contribution in [0.5, 0.6) is 0 Å². The second-order valence-electron chi connectivity index (χ2n) is 11.3. The number of hydrogen-bond donors (Lipinski definition) is 0. The van der Waals surface area contributed by atoms with Crippen LogP contribution in [0.3, 0.4) is 0 Å². The molecule has 0 aliphatic heterocycles. The van der Waals surface area contributed by atoms with E-state index in [1.807, 2.05) is 18.2 Å². The highest BCUT2D eigenvalue weighted by molar-refractivity contribution is 6.27. The molecule has 0 saturated carbocycles. The van der Waals surface area contributed by atoms with Crippen molar-refractivity contribution in [2.45, 2.75) is 0 Å². The Hall–Kier alpha value is -5.80. The lowest BCUT2D eigenvalue weighted by Gasteiger charge is -2.13. The first-order chi connectivity index (χ1) is 21.3. The highest BCUT2D eigenvalue weighted by atomic mass is 16.3. The van der Waals surface area contributed by atoms with Crippen molar-refractivity contribution in [3.05, 3.63) is 140 Å². The number of rotatable bonds is 2. The molecule has 3 nitrogen and oxygen atoms in total. The van der Waals surface area contributed by atoms with E-state index in [0.29, 0.717) is 0 Å². The summed E-state index contributed by atoms with van der Waals surface area (Å²) in [6, 6.07) is 49.5. The van der Waals surface area contributed by atoms with E-state index in [0.717, 1.165) is 77.1 Å². The van der Waals surface area contributed by atoms with E-state index in [4.69, 9.17) is 8.83 Å². The van der Waals surface area contributed by atoms with Gasteiger partial charge in [-0.25, -0.2) is 0 Å². The van der Waals surface area contributed by atoms with Crippen molar-refractivity contribution in [3.63, 3.8) is 0 Å². The Bertz CT molecular complexity index is 2740. The molecule has 3 heteroatoms. The SMILES string of the molecule is c1ccc2cc(-n3c4ccccc4c4c5oc6ccccc6c5cc(-c5ccc6oc7ccccc7c6c5)c43)ccc2c1. The molecule has 10 aromatic rings. The summed E-state index contributed by atoms with van der Waals surface area (Å²) >= 11 is 0. The number of hydrogen-bond acceptors (Lipinski definition) is 2. The van der Waals surface area contributed by atoms with E-state index >= 15 is 0 Å². The molecule has 0 aliphatic carbocycles. The van der Waals surface area contributed by atoms with Crippen molar-refractivity contribution in [1.29, 1.82) is 0 Å². The van der Waals surface area contributed by atoms with Gasteiger partial charge in [0, 0.05) is 38.2 Å². The lowest BCUT2D eigenvalue weighted by molar-refractivity contribution is 0.669. The molecule has 3 aromatic heterocycles. The first-order valence-electron chi connectivity index (χ1n) is 14.6. The van der Waals surface area contributed by atoms with Crippen LogP contribution >= 0.6 is 0 Å². The molecule has 43 heavy (non-hydrogen) atoms. The van der Waals surface area contributed by atoms with Crippen molar-refractivity contribution >= 4 is 76.5 Å². The van der Waals surface area contributed by atoms with Gasteiger partial charge in [0.1, 0.15) is 22.3 Å².